The fourth-order valence-electron chi connectivity index (χ4n) is 5.44. The van der Waals surface area contributed by atoms with Crippen LogP contribution in [0, 0.1) is 29.1 Å². The minimum Gasteiger partial charge on any atom is -0.507 e. The highest BCUT2D eigenvalue weighted by Crippen LogP contribution is 2.42. The summed E-state index contributed by atoms with van der Waals surface area (Å²) in [7, 11) is -5.63. The van der Waals surface area contributed by atoms with Crippen LogP contribution in [-0.4, -0.2) is 40.5 Å². The van der Waals surface area contributed by atoms with Crippen LogP contribution in [0.3, 0.4) is 0 Å². The normalized spacial score (nSPS) is 13.5. The van der Waals surface area contributed by atoms with Gasteiger partial charge in [-0.15, -0.1) is 0 Å². The molecule has 0 radical (unpaired) electrons. The predicted octanol–water partition coefficient (Wildman–Crippen LogP) is 7.15. The number of amides is 1. The molecular weight excluding hydrogens is 707 g/mol. The number of carbonyl (C=O) groups is 1. The maximum absolute atomic E-state index is 14.9. The van der Waals surface area contributed by atoms with Crippen molar-refractivity contribution in [3.8, 4) is 5.75 Å². The van der Waals surface area contributed by atoms with Crippen molar-refractivity contribution in [3.05, 3.63) is 123 Å². The van der Waals surface area contributed by atoms with Gasteiger partial charge in [0.25, 0.3) is 0 Å². The lowest BCUT2D eigenvalue weighted by Gasteiger charge is -2.28. The molecule has 4 aromatic carbocycles. The van der Waals surface area contributed by atoms with Gasteiger partial charge < -0.3 is 20.2 Å². The van der Waals surface area contributed by atoms with Crippen molar-refractivity contribution in [2.45, 2.75) is 62.8 Å². The van der Waals surface area contributed by atoms with Crippen LogP contribution >= 0.6 is 11.6 Å². The summed E-state index contributed by atoms with van der Waals surface area (Å²) >= 11 is 5.94. The summed E-state index contributed by atoms with van der Waals surface area (Å²) in [5, 5.41) is 30.0. The Morgan fingerprint density at radius 2 is 1.44 bits per heavy atom. The van der Waals surface area contributed by atoms with Gasteiger partial charge >= 0.3 is 0 Å². The largest absolute Gasteiger partial charge is 0.507 e. The van der Waals surface area contributed by atoms with E-state index in [2.05, 4.69) is 6.07 Å². The van der Waals surface area contributed by atoms with Crippen LogP contribution in [-0.2, 0) is 27.9 Å². The minimum absolute atomic E-state index is 0.0279. The van der Waals surface area contributed by atoms with E-state index in [1.807, 2.05) is 26.0 Å². The van der Waals surface area contributed by atoms with Gasteiger partial charge in [0.15, 0.2) is 34.5 Å². The van der Waals surface area contributed by atoms with Crippen molar-refractivity contribution < 1.29 is 50.5 Å². The van der Waals surface area contributed by atoms with Gasteiger partial charge in [0.2, 0.25) is 21.7 Å². The highest BCUT2D eigenvalue weighted by atomic mass is 35.5. The highest BCUT2D eigenvalue weighted by molar-refractivity contribution is 7.89. The molecule has 0 unspecified atom stereocenters. The number of halogens is 6. The van der Waals surface area contributed by atoms with Gasteiger partial charge in [-0.1, -0.05) is 55.8 Å². The third-order valence-electron chi connectivity index (χ3n) is 8.35. The molecule has 1 aliphatic rings. The number of aliphatic hydroxyl groups excluding tert-OH is 1. The summed E-state index contributed by atoms with van der Waals surface area (Å²) in [4.78, 5) is 13.2. The van der Waals surface area contributed by atoms with Crippen LogP contribution in [0.25, 0.3) is 0 Å². The molecule has 0 heterocycles. The van der Waals surface area contributed by atoms with E-state index in [0.29, 0.717) is 11.5 Å². The number of phenolic OH excluding ortho intramolecular Hbond substituents is 1. The standard InChI is InChI=1S/C35H32ClF5N2O6S/c1-18(2)22-11-20(12-23(13-22)21-5-6-21)16-43(25-9-10-26(35(46)47)27(44)14-25)28(45)17-42(15-19-3-7-24(36)8-4-19)50(48,49)34-32(40)30(38)29(37)31(39)33(34)41/h3-4,7-14,18,21,35,44,46-47H,5-6,15-17H2,1-2H3. The number of sulfonamides is 1. The second-order valence-corrected chi connectivity index (χ2v) is 14.6. The average molecular weight is 739 g/mol. The van der Waals surface area contributed by atoms with E-state index in [4.69, 9.17) is 11.6 Å². The number of hydrogen-bond acceptors (Lipinski definition) is 6. The van der Waals surface area contributed by atoms with Crippen LogP contribution in [0.4, 0.5) is 27.6 Å². The van der Waals surface area contributed by atoms with Crippen molar-refractivity contribution in [2.75, 3.05) is 11.4 Å². The van der Waals surface area contributed by atoms with Crippen molar-refractivity contribution in [2.24, 2.45) is 0 Å². The fourth-order valence-corrected chi connectivity index (χ4v) is 7.06. The molecule has 1 fully saturated rings. The fraction of sp³-hybridized carbons (Fsp3) is 0.286. The lowest BCUT2D eigenvalue weighted by molar-refractivity contribution is -0.119. The first kappa shape index (κ1) is 37.2. The van der Waals surface area contributed by atoms with Gasteiger partial charge in [-0.05, 0) is 71.2 Å². The highest BCUT2D eigenvalue weighted by Gasteiger charge is 2.39. The molecule has 0 bridgehead atoms. The molecule has 0 saturated heterocycles. The Bertz CT molecular complexity index is 1990. The number of benzene rings is 4. The molecule has 0 aliphatic heterocycles. The zero-order valence-corrected chi connectivity index (χ0v) is 28.3. The summed E-state index contributed by atoms with van der Waals surface area (Å²) in [5.74, 6) is -14.0. The maximum Gasteiger partial charge on any atom is 0.249 e. The summed E-state index contributed by atoms with van der Waals surface area (Å²) in [6.07, 6.45) is -0.131. The minimum atomic E-state index is -5.63. The van der Waals surface area contributed by atoms with Gasteiger partial charge in [-0.3, -0.25) is 4.79 Å². The van der Waals surface area contributed by atoms with Crippen molar-refractivity contribution in [3.63, 3.8) is 0 Å². The summed E-state index contributed by atoms with van der Waals surface area (Å²) < 4.78 is 100. The molecule has 1 amide bonds. The first-order valence-corrected chi connectivity index (χ1v) is 17.2. The number of rotatable bonds is 12. The quantitative estimate of drug-likeness (QED) is 0.0615. The molecule has 15 heteroatoms. The Kier molecular flexibility index (Phi) is 10.9. The summed E-state index contributed by atoms with van der Waals surface area (Å²) in [6, 6.07) is 14.7. The number of anilines is 1. The van der Waals surface area contributed by atoms with Gasteiger partial charge in [0.1, 0.15) is 5.75 Å². The Morgan fingerprint density at radius 3 is 1.98 bits per heavy atom. The van der Waals surface area contributed by atoms with Gasteiger partial charge in [0.05, 0.1) is 13.1 Å². The zero-order valence-electron chi connectivity index (χ0n) is 26.7. The number of carbonyl (C=O) groups excluding carboxylic acids is 1. The van der Waals surface area contributed by atoms with E-state index < -0.39 is 75.0 Å². The van der Waals surface area contributed by atoms with Crippen LogP contribution in [0.15, 0.2) is 65.6 Å². The van der Waals surface area contributed by atoms with E-state index in [0.717, 1.165) is 41.0 Å². The lowest BCUT2D eigenvalue weighted by atomic mass is 9.95. The molecule has 266 valence electrons. The Labute approximate surface area is 290 Å². The molecule has 1 saturated carbocycles. The molecule has 0 spiro atoms. The van der Waals surface area contributed by atoms with E-state index in [9.17, 15) is 50.5 Å². The molecule has 1 aliphatic carbocycles. The number of aliphatic hydroxyl groups is 2. The maximum atomic E-state index is 14.9. The smallest absolute Gasteiger partial charge is 0.249 e. The third-order valence-corrected chi connectivity index (χ3v) is 10.4. The summed E-state index contributed by atoms with van der Waals surface area (Å²) in [5.41, 5.74) is 2.43. The van der Waals surface area contributed by atoms with Crippen molar-refractivity contribution in [1.82, 2.24) is 4.31 Å². The van der Waals surface area contributed by atoms with Crippen molar-refractivity contribution in [1.29, 1.82) is 0 Å². The molecule has 0 atom stereocenters. The van der Waals surface area contributed by atoms with E-state index in [1.54, 1.807) is 0 Å². The molecular formula is C35H32ClF5N2O6S. The van der Waals surface area contributed by atoms with E-state index >= 15 is 0 Å². The first-order valence-electron chi connectivity index (χ1n) is 15.4. The Morgan fingerprint density at radius 1 is 0.840 bits per heavy atom. The van der Waals surface area contributed by atoms with Crippen LogP contribution in [0.2, 0.25) is 5.02 Å². The van der Waals surface area contributed by atoms with Crippen LogP contribution in [0.1, 0.15) is 72.6 Å². The average Bonchev–Trinajstić information content (AvgIpc) is 3.91. The molecule has 4 aromatic rings. The number of phenols is 1. The number of aromatic hydroxyl groups is 1. The third kappa shape index (κ3) is 7.79. The molecule has 50 heavy (non-hydrogen) atoms. The van der Waals surface area contributed by atoms with E-state index in [1.165, 1.54) is 30.3 Å². The number of hydrogen-bond donors (Lipinski definition) is 3. The van der Waals surface area contributed by atoms with Crippen molar-refractivity contribution >= 4 is 33.2 Å². The topological polar surface area (TPSA) is 118 Å². The summed E-state index contributed by atoms with van der Waals surface area (Å²) in [6.45, 7) is 1.82. The van der Waals surface area contributed by atoms with Gasteiger partial charge in [0, 0.05) is 28.9 Å². The first-order chi connectivity index (χ1) is 23.5. The molecule has 8 nitrogen and oxygen atoms in total. The van der Waals surface area contributed by atoms with Gasteiger partial charge in [-0.2, -0.15) is 4.31 Å². The second kappa shape index (κ2) is 14.6. The Hall–Kier alpha value is -4.08. The van der Waals surface area contributed by atoms with E-state index in [-0.39, 0.29) is 38.6 Å². The second-order valence-electron chi connectivity index (χ2n) is 12.3. The van der Waals surface area contributed by atoms with Crippen LogP contribution in [0.5, 0.6) is 5.75 Å². The van der Waals surface area contributed by atoms with Crippen LogP contribution < -0.4 is 4.90 Å². The number of nitrogens with zero attached hydrogens (tertiary/aromatic N) is 2. The molecule has 5 rings (SSSR count). The SMILES string of the molecule is CC(C)c1cc(CN(C(=O)CN(Cc2ccc(Cl)cc2)S(=O)(=O)c2c(F)c(F)c(F)c(F)c2F)c2ccc(C(O)O)c(O)c2)cc(C2CC2)c1. The zero-order chi connectivity index (χ0) is 36.7. The monoisotopic (exact) mass is 738 g/mol. The Balaban J connectivity index is 1.62. The molecule has 0 aromatic heterocycles. The molecule has 3 N–H and O–H groups in total. The predicted molar refractivity (Wildman–Crippen MR) is 174 cm³/mol. The van der Waals surface area contributed by atoms with Gasteiger partial charge in [-0.25, -0.2) is 30.4 Å². The lowest BCUT2D eigenvalue weighted by Crippen LogP contribution is -2.43.